The molecule has 0 atom stereocenters. The number of anilines is 1. The van der Waals surface area contributed by atoms with Crippen molar-refractivity contribution in [1.29, 1.82) is 0 Å². The van der Waals surface area contributed by atoms with E-state index in [2.05, 4.69) is 68.8 Å². The van der Waals surface area contributed by atoms with Crippen molar-refractivity contribution in [3.8, 4) is 0 Å². The Kier molecular flexibility index (Phi) is 5.53. The highest BCUT2D eigenvalue weighted by atomic mass is 127. The number of hydrazone groups is 1. The van der Waals surface area contributed by atoms with Crippen LogP contribution in [0.3, 0.4) is 0 Å². The lowest BCUT2D eigenvalue weighted by Gasteiger charge is -2.08. The molecule has 0 heterocycles. The van der Waals surface area contributed by atoms with Crippen LogP contribution in [0.15, 0.2) is 84.0 Å². The number of hydrogen-bond donors (Lipinski definition) is 2. The Morgan fingerprint density at radius 1 is 0.893 bits per heavy atom. The summed E-state index contributed by atoms with van der Waals surface area (Å²) in [4.78, 5) is 12.1. The van der Waals surface area contributed by atoms with Crippen LogP contribution in [0.2, 0.25) is 0 Å². The van der Waals surface area contributed by atoms with Gasteiger partial charge in [-0.25, -0.2) is 5.43 Å². The first-order valence-corrected chi connectivity index (χ1v) is 10.0. The number of fused-ring (bicyclic) bond motifs is 2. The number of nitrogens with zero attached hydrogens (tertiary/aromatic N) is 1. The van der Waals surface area contributed by atoms with Crippen molar-refractivity contribution < 1.29 is 4.79 Å². The van der Waals surface area contributed by atoms with E-state index >= 15 is 0 Å². The van der Waals surface area contributed by atoms with Crippen LogP contribution in [0.25, 0.3) is 21.5 Å². The zero-order valence-electron chi connectivity index (χ0n) is 15.0. The van der Waals surface area contributed by atoms with Crippen LogP contribution < -0.4 is 10.7 Å². The first-order valence-electron chi connectivity index (χ1n) is 8.92. The zero-order chi connectivity index (χ0) is 19.3. The van der Waals surface area contributed by atoms with Gasteiger partial charge in [0.15, 0.2) is 0 Å². The summed E-state index contributed by atoms with van der Waals surface area (Å²) < 4.78 is 1.15. The van der Waals surface area contributed by atoms with Crippen molar-refractivity contribution in [2.75, 3.05) is 11.9 Å². The number of carbonyl (C=O) groups excluding carboxylic acids is 1. The number of hydrogen-bond acceptors (Lipinski definition) is 3. The van der Waals surface area contributed by atoms with E-state index < -0.39 is 0 Å². The molecule has 4 aromatic rings. The van der Waals surface area contributed by atoms with Crippen molar-refractivity contribution >= 4 is 61.9 Å². The average molecular weight is 479 g/mol. The molecule has 0 spiro atoms. The van der Waals surface area contributed by atoms with Crippen molar-refractivity contribution in [1.82, 2.24) is 5.43 Å². The second-order valence-corrected chi connectivity index (χ2v) is 7.63. The van der Waals surface area contributed by atoms with Gasteiger partial charge in [0.05, 0.1) is 12.8 Å². The maximum Gasteiger partial charge on any atom is 0.259 e. The Bertz CT molecular complexity index is 1120. The molecular formula is C23H18IN3O. The quantitative estimate of drug-likeness (QED) is 0.180. The maximum absolute atomic E-state index is 12.1. The number of nitrogens with one attached hydrogen (secondary N) is 2. The largest absolute Gasteiger partial charge is 0.376 e. The van der Waals surface area contributed by atoms with Crippen LogP contribution in [-0.4, -0.2) is 18.7 Å². The van der Waals surface area contributed by atoms with Crippen LogP contribution in [-0.2, 0) is 4.79 Å². The van der Waals surface area contributed by atoms with Gasteiger partial charge in [0.25, 0.3) is 5.91 Å². The minimum absolute atomic E-state index is 0.161. The molecule has 1 amide bonds. The fraction of sp³-hybridized carbons (Fsp3) is 0.0435. The van der Waals surface area contributed by atoms with Crippen molar-refractivity contribution in [2.45, 2.75) is 0 Å². The Morgan fingerprint density at radius 3 is 2.14 bits per heavy atom. The predicted octanol–water partition coefficient (Wildman–Crippen LogP) is 5.16. The summed E-state index contributed by atoms with van der Waals surface area (Å²) in [6, 6.07) is 26.4. The highest BCUT2D eigenvalue weighted by molar-refractivity contribution is 14.1. The SMILES string of the molecule is O=C(CNc1ccc(I)cc1)N/N=C\c1c2ccccc2cc2ccccc12. The summed E-state index contributed by atoms with van der Waals surface area (Å²) in [5.41, 5.74) is 4.51. The van der Waals surface area contributed by atoms with Gasteiger partial charge in [0, 0.05) is 14.8 Å². The molecule has 2 N–H and O–H groups in total. The minimum Gasteiger partial charge on any atom is -0.376 e. The minimum atomic E-state index is -0.195. The van der Waals surface area contributed by atoms with E-state index in [9.17, 15) is 4.79 Å². The topological polar surface area (TPSA) is 53.5 Å². The Labute approximate surface area is 176 Å². The molecule has 5 heteroatoms. The summed E-state index contributed by atoms with van der Waals surface area (Å²) in [7, 11) is 0. The highest BCUT2D eigenvalue weighted by Crippen LogP contribution is 2.27. The number of halogens is 1. The molecule has 0 aliphatic heterocycles. The number of benzene rings is 4. The van der Waals surface area contributed by atoms with E-state index in [1.165, 1.54) is 0 Å². The first kappa shape index (κ1) is 18.4. The Balaban J connectivity index is 1.51. The van der Waals surface area contributed by atoms with Gasteiger partial charge in [0.1, 0.15) is 0 Å². The van der Waals surface area contributed by atoms with E-state index in [0.717, 1.165) is 36.4 Å². The third-order valence-electron chi connectivity index (χ3n) is 4.49. The van der Waals surface area contributed by atoms with E-state index in [0.29, 0.717) is 0 Å². The van der Waals surface area contributed by atoms with Gasteiger partial charge in [-0.15, -0.1) is 0 Å². The lowest BCUT2D eigenvalue weighted by atomic mass is 9.97. The second kappa shape index (κ2) is 8.39. The standard InChI is InChI=1S/C23H18IN3O/c24-18-9-11-19(12-10-18)25-15-23(28)27-26-14-22-20-7-3-1-5-16(20)13-17-6-2-4-8-21(17)22/h1-14,25H,15H2,(H,27,28)/b26-14-. The van der Waals surface area contributed by atoms with E-state index in [-0.39, 0.29) is 12.5 Å². The molecule has 0 aliphatic rings. The molecular weight excluding hydrogens is 461 g/mol. The molecule has 138 valence electrons. The maximum atomic E-state index is 12.1. The number of carbonyl (C=O) groups is 1. The second-order valence-electron chi connectivity index (χ2n) is 6.39. The fourth-order valence-corrected chi connectivity index (χ4v) is 3.51. The normalized spacial score (nSPS) is 11.2. The highest BCUT2D eigenvalue weighted by Gasteiger charge is 2.06. The Hall–Kier alpha value is -2.93. The molecule has 0 fully saturated rings. The molecule has 0 aliphatic carbocycles. The smallest absolute Gasteiger partial charge is 0.259 e. The van der Waals surface area contributed by atoms with E-state index in [1.54, 1.807) is 6.21 Å². The molecule has 4 rings (SSSR count). The molecule has 4 aromatic carbocycles. The number of rotatable bonds is 5. The Morgan fingerprint density at radius 2 is 1.50 bits per heavy atom. The third kappa shape index (κ3) is 4.14. The molecule has 0 radical (unpaired) electrons. The third-order valence-corrected chi connectivity index (χ3v) is 5.21. The monoisotopic (exact) mass is 479 g/mol. The van der Waals surface area contributed by atoms with Gasteiger partial charge in [-0.05, 0) is 74.5 Å². The molecule has 0 unspecified atom stereocenters. The summed E-state index contributed by atoms with van der Waals surface area (Å²) in [6.07, 6.45) is 1.73. The van der Waals surface area contributed by atoms with Crippen molar-refractivity contribution in [3.05, 3.63) is 88.0 Å². The van der Waals surface area contributed by atoms with Gasteiger partial charge in [0.2, 0.25) is 0 Å². The van der Waals surface area contributed by atoms with Gasteiger partial charge in [-0.3, -0.25) is 4.79 Å². The lowest BCUT2D eigenvalue weighted by molar-refractivity contribution is -0.119. The molecule has 28 heavy (non-hydrogen) atoms. The summed E-state index contributed by atoms with van der Waals surface area (Å²) in [6.45, 7) is 0.161. The van der Waals surface area contributed by atoms with E-state index in [1.807, 2.05) is 48.5 Å². The van der Waals surface area contributed by atoms with Crippen LogP contribution in [0.1, 0.15) is 5.56 Å². The average Bonchev–Trinajstić information content (AvgIpc) is 2.73. The predicted molar refractivity (Wildman–Crippen MR) is 125 cm³/mol. The van der Waals surface area contributed by atoms with Crippen LogP contribution in [0.4, 0.5) is 5.69 Å². The van der Waals surface area contributed by atoms with Gasteiger partial charge >= 0.3 is 0 Å². The molecule has 4 nitrogen and oxygen atoms in total. The lowest BCUT2D eigenvalue weighted by Crippen LogP contribution is -2.25. The van der Waals surface area contributed by atoms with Crippen molar-refractivity contribution in [3.63, 3.8) is 0 Å². The molecule has 0 bridgehead atoms. The summed E-state index contributed by atoms with van der Waals surface area (Å²) in [5, 5.41) is 11.8. The summed E-state index contributed by atoms with van der Waals surface area (Å²) >= 11 is 2.25. The fourth-order valence-electron chi connectivity index (χ4n) is 3.15. The van der Waals surface area contributed by atoms with Crippen LogP contribution >= 0.6 is 22.6 Å². The van der Waals surface area contributed by atoms with Gasteiger partial charge in [-0.2, -0.15) is 5.10 Å². The molecule has 0 aromatic heterocycles. The number of amides is 1. The molecule has 0 saturated carbocycles. The van der Waals surface area contributed by atoms with Crippen LogP contribution in [0, 0.1) is 3.57 Å². The van der Waals surface area contributed by atoms with Crippen molar-refractivity contribution in [2.24, 2.45) is 5.10 Å². The van der Waals surface area contributed by atoms with Gasteiger partial charge in [-0.1, -0.05) is 48.5 Å². The van der Waals surface area contributed by atoms with Gasteiger partial charge < -0.3 is 5.32 Å². The molecule has 0 saturated heterocycles. The van der Waals surface area contributed by atoms with Crippen LogP contribution in [0.5, 0.6) is 0 Å². The van der Waals surface area contributed by atoms with E-state index in [4.69, 9.17) is 0 Å². The summed E-state index contributed by atoms with van der Waals surface area (Å²) in [5.74, 6) is -0.195. The first-order chi connectivity index (χ1) is 13.7. The zero-order valence-corrected chi connectivity index (χ0v) is 17.2.